The Kier molecular flexibility index (Phi) is 11.6. The summed E-state index contributed by atoms with van der Waals surface area (Å²) in [5, 5.41) is 9.60. The average Bonchev–Trinajstić information content (AvgIpc) is 4.03. The van der Waals surface area contributed by atoms with Crippen molar-refractivity contribution in [2.45, 2.75) is 85.5 Å². The molecule has 0 amide bonds. The van der Waals surface area contributed by atoms with Crippen LogP contribution in [0.1, 0.15) is 94.3 Å². The number of anilines is 3. The van der Waals surface area contributed by atoms with Crippen molar-refractivity contribution in [3.63, 3.8) is 0 Å². The van der Waals surface area contributed by atoms with E-state index in [-0.39, 0.29) is 17.7 Å². The van der Waals surface area contributed by atoms with E-state index < -0.39 is 0 Å². The molecule has 0 unspecified atom stereocenters. The van der Waals surface area contributed by atoms with Crippen molar-refractivity contribution in [3.8, 4) is 16.9 Å². The van der Waals surface area contributed by atoms with Gasteiger partial charge in [0.25, 0.3) is 0 Å². The van der Waals surface area contributed by atoms with E-state index in [4.69, 9.17) is 9.15 Å². The quantitative estimate of drug-likeness (QED) is 0.127. The Balaban J connectivity index is 0.00000285. The fraction of sp³-hybridized carbons (Fsp3) is 0.173. The Bertz CT molecular complexity index is 4560. The van der Waals surface area contributed by atoms with Gasteiger partial charge in [-0.05, 0) is 150 Å². The molecular weight excluding hydrogens is 972 g/mol. The summed E-state index contributed by atoms with van der Waals surface area (Å²) in [4.78, 5) is 2.65. The fourth-order valence-electron chi connectivity index (χ4n) is 13.4. The van der Waals surface area contributed by atoms with Crippen LogP contribution in [-0.4, -0.2) is 11.3 Å². The number of nitrogens with zero attached hydrogens (tertiary/aromatic N) is 2. The molecule has 0 saturated heterocycles. The fourth-order valence-corrected chi connectivity index (χ4v) is 13.4. The molecule has 15 rings (SSSR count). The minimum atomic E-state index is -0.267. The van der Waals surface area contributed by atoms with Crippen molar-refractivity contribution in [1.82, 2.24) is 4.48 Å². The van der Waals surface area contributed by atoms with Gasteiger partial charge >= 0.3 is 6.85 Å². The minimum absolute atomic E-state index is 0.125. The predicted molar refractivity (Wildman–Crippen MR) is 341 cm³/mol. The highest BCUT2D eigenvalue weighted by Gasteiger charge is 2.46. The number of furan rings is 1. The number of benzene rings is 10. The van der Waals surface area contributed by atoms with Crippen molar-refractivity contribution < 1.29 is 9.15 Å². The second-order valence-corrected chi connectivity index (χ2v) is 24.0. The molecule has 0 fully saturated rings. The van der Waals surface area contributed by atoms with Gasteiger partial charge in [0.05, 0.1) is 0 Å². The lowest BCUT2D eigenvalue weighted by molar-refractivity contribution is 0.448. The van der Waals surface area contributed by atoms with Gasteiger partial charge in [0, 0.05) is 60.8 Å². The molecule has 0 aliphatic carbocycles. The number of fused-ring (bicyclic) bond motifs is 15. The lowest BCUT2D eigenvalue weighted by Gasteiger charge is -2.41. The predicted octanol–water partition coefficient (Wildman–Crippen LogP) is 18.8. The van der Waals surface area contributed by atoms with Crippen LogP contribution in [-0.2, 0) is 30.1 Å². The summed E-state index contributed by atoms with van der Waals surface area (Å²) in [6.45, 7) is 22.3. The topological polar surface area (TPSA) is 30.5 Å². The third-order valence-electron chi connectivity index (χ3n) is 17.1. The van der Waals surface area contributed by atoms with Gasteiger partial charge in [0.2, 0.25) is 0 Å². The molecule has 0 spiro atoms. The average molecular weight is 1040 g/mol. The number of rotatable bonds is 5. The van der Waals surface area contributed by atoms with Gasteiger partial charge in [0.1, 0.15) is 22.7 Å². The van der Waals surface area contributed by atoms with Gasteiger partial charge in [0.15, 0.2) is 0 Å². The van der Waals surface area contributed by atoms with E-state index in [2.05, 4.69) is 246 Å². The van der Waals surface area contributed by atoms with E-state index in [1.807, 2.05) is 26.0 Å². The number of hydrogen-bond acceptors (Lipinski definition) is 3. The summed E-state index contributed by atoms with van der Waals surface area (Å²) in [5.41, 5.74) is 21.1. The van der Waals surface area contributed by atoms with Crippen LogP contribution in [0.4, 0.5) is 17.1 Å². The van der Waals surface area contributed by atoms with Gasteiger partial charge in [-0.25, -0.2) is 0 Å². The Morgan fingerprint density at radius 2 is 1.14 bits per heavy atom. The maximum atomic E-state index is 7.30. The zero-order chi connectivity index (χ0) is 54.8. The molecule has 0 N–H and O–H groups in total. The molecule has 4 nitrogen and oxygen atoms in total. The Morgan fingerprint density at radius 3 is 1.79 bits per heavy atom. The number of aromatic nitrogens is 1. The molecule has 80 heavy (non-hydrogen) atoms. The largest absolute Gasteiger partial charge is 0.457 e. The standard InChI is InChI=1S/C73H59BN2O2.C2H6/c1-44-23-11-8-16-28-47-37-60-66-68-64(43-59-53-31-20-22-34-65(53)78-71(59)66)75(50-39-48(72(2,3)4)38-49(40-50)73(5,6)7)63-42-58-56(36-46-26-14-10-15-27-46)52-30-18-17-29-51(52)55(35-45-24-12-9-13-25-45)57(58)41-61(63)74(68)76-62-33-21-19-32-54(62)67(69(60)76)70(47)77-44;1-2/h8-27,29-34,37-43H,1,28,35-36H2,2-7H3;1-2H3/b16-8-,23-11-;. The normalized spacial score (nSPS) is 14.6. The SMILES string of the molecule is C=C1/C=C\C=C/Cc2cc3c4c(c2O1)c1ccccc1n4B1c2cc4c(Cc5ccccc5)c5ccccc5c(Cc5ccccc5)c4cc2N(c2cc(C(C)(C)C)cc(C(C)(C)C)c2)c2cc4c(oc5ccccc54)c-3c21.CC. The Morgan fingerprint density at radius 1 is 0.562 bits per heavy atom. The first kappa shape index (κ1) is 49.5. The van der Waals surface area contributed by atoms with Crippen LogP contribution in [0.5, 0.6) is 5.75 Å². The van der Waals surface area contributed by atoms with Crippen molar-refractivity contribution in [1.29, 1.82) is 0 Å². The van der Waals surface area contributed by atoms with Crippen LogP contribution in [0.15, 0.2) is 217 Å². The van der Waals surface area contributed by atoms with Crippen LogP contribution >= 0.6 is 0 Å². The molecule has 0 bridgehead atoms. The molecule has 0 saturated carbocycles. The zero-order valence-corrected chi connectivity index (χ0v) is 47.2. The molecular formula is C75H65BN2O2. The van der Waals surface area contributed by atoms with Gasteiger partial charge in [-0.15, -0.1) is 0 Å². The van der Waals surface area contributed by atoms with E-state index in [1.165, 1.54) is 71.5 Å². The summed E-state index contributed by atoms with van der Waals surface area (Å²) < 4.78 is 17.0. The highest BCUT2D eigenvalue weighted by atomic mass is 16.5. The molecule has 10 aromatic carbocycles. The van der Waals surface area contributed by atoms with E-state index in [0.29, 0.717) is 12.2 Å². The van der Waals surface area contributed by atoms with Crippen molar-refractivity contribution >= 4 is 100 Å². The monoisotopic (exact) mass is 1040 g/mol. The molecule has 5 heteroatoms. The van der Waals surface area contributed by atoms with E-state index >= 15 is 0 Å². The van der Waals surface area contributed by atoms with Crippen molar-refractivity contribution in [2.75, 3.05) is 4.90 Å². The molecule has 3 aliphatic heterocycles. The molecule has 3 aliphatic rings. The third kappa shape index (κ3) is 7.72. The van der Waals surface area contributed by atoms with Gasteiger partial charge in [-0.3, -0.25) is 0 Å². The smallest absolute Gasteiger partial charge is 0.333 e. The summed E-state index contributed by atoms with van der Waals surface area (Å²) >= 11 is 0. The number of ether oxygens (including phenoxy) is 1. The van der Waals surface area contributed by atoms with E-state index in [9.17, 15) is 0 Å². The molecule has 390 valence electrons. The second kappa shape index (κ2) is 18.7. The van der Waals surface area contributed by atoms with Crippen LogP contribution in [0.3, 0.4) is 0 Å². The Hall–Kier alpha value is -8.80. The number of allylic oxidation sites excluding steroid dienone is 4. The number of para-hydroxylation sites is 2. The Labute approximate surface area is 470 Å². The van der Waals surface area contributed by atoms with Crippen LogP contribution < -0.4 is 20.6 Å². The summed E-state index contributed by atoms with van der Waals surface area (Å²) in [7, 11) is 0. The maximum absolute atomic E-state index is 7.30. The lowest BCUT2D eigenvalue weighted by Crippen LogP contribution is -2.56. The van der Waals surface area contributed by atoms with Crippen molar-refractivity contribution in [2.24, 2.45) is 0 Å². The first-order valence-electron chi connectivity index (χ1n) is 28.7. The van der Waals surface area contributed by atoms with Crippen LogP contribution in [0, 0.1) is 0 Å². The summed E-state index contributed by atoms with van der Waals surface area (Å²) in [5.74, 6) is 1.47. The maximum Gasteiger partial charge on any atom is 0.333 e. The number of hydrogen-bond donors (Lipinski definition) is 0. The van der Waals surface area contributed by atoms with E-state index in [0.717, 1.165) is 90.4 Å². The molecule has 12 aromatic rings. The summed E-state index contributed by atoms with van der Waals surface area (Å²) in [6, 6.07) is 66.4. The zero-order valence-electron chi connectivity index (χ0n) is 47.2. The highest BCUT2D eigenvalue weighted by molar-refractivity contribution is 6.90. The van der Waals surface area contributed by atoms with E-state index in [1.54, 1.807) is 0 Å². The van der Waals surface area contributed by atoms with Gasteiger partial charge in [-0.2, -0.15) is 0 Å². The van der Waals surface area contributed by atoms with Crippen molar-refractivity contribution in [3.05, 3.63) is 252 Å². The lowest BCUT2D eigenvalue weighted by atomic mass is 9.44. The van der Waals surface area contributed by atoms with Gasteiger partial charge in [-0.1, -0.05) is 214 Å². The van der Waals surface area contributed by atoms with Crippen LogP contribution in [0.2, 0.25) is 0 Å². The molecule has 0 radical (unpaired) electrons. The van der Waals surface area contributed by atoms with Crippen LogP contribution in [0.25, 0.3) is 76.4 Å². The molecule has 0 atom stereocenters. The summed E-state index contributed by atoms with van der Waals surface area (Å²) in [6.07, 6.45) is 10.6. The molecule has 5 heterocycles. The molecule has 2 aromatic heterocycles. The van der Waals surface area contributed by atoms with Gasteiger partial charge < -0.3 is 18.5 Å². The highest BCUT2D eigenvalue weighted by Crippen LogP contribution is 2.53. The second-order valence-electron chi connectivity index (χ2n) is 24.0. The first-order valence-corrected chi connectivity index (χ1v) is 28.7. The first-order chi connectivity index (χ1) is 38.9. The minimum Gasteiger partial charge on any atom is -0.457 e. The third-order valence-corrected chi connectivity index (χ3v) is 17.1.